The van der Waals surface area contributed by atoms with Crippen molar-refractivity contribution in [3.8, 4) is 0 Å². The smallest absolute Gasteiger partial charge is 0.251 e. The zero-order chi connectivity index (χ0) is 15.6. The lowest BCUT2D eigenvalue weighted by Crippen LogP contribution is -2.64. The number of carbonyl (C=O) groups excluding carboxylic acids is 2. The van der Waals surface area contributed by atoms with Crippen LogP contribution in [0.5, 0.6) is 0 Å². The first kappa shape index (κ1) is 15.2. The highest BCUT2D eigenvalue weighted by atomic mass is 16.5. The molecule has 8 nitrogen and oxygen atoms in total. The van der Waals surface area contributed by atoms with Crippen molar-refractivity contribution in [3.63, 3.8) is 0 Å². The molecule has 0 saturated carbocycles. The summed E-state index contributed by atoms with van der Waals surface area (Å²) in [7, 11) is 0. The fourth-order valence-electron chi connectivity index (χ4n) is 2.05. The maximum Gasteiger partial charge on any atom is 0.251 e. The third-order valence-corrected chi connectivity index (χ3v) is 3.28. The molecule has 2 rings (SSSR count). The van der Waals surface area contributed by atoms with E-state index in [1.165, 1.54) is 0 Å². The number of hydrogen-bond donors (Lipinski definition) is 2. The largest absolute Gasteiger partial charge is 0.384 e. The maximum atomic E-state index is 12.0. The molecule has 0 spiro atoms. The monoisotopic (exact) mass is 293 g/mol. The number of nitrogens with two attached hydrogens (primary N) is 1. The average Bonchev–Trinajstić information content (AvgIpc) is 2.40. The molecule has 21 heavy (non-hydrogen) atoms. The van der Waals surface area contributed by atoms with Crippen LogP contribution in [0.4, 0.5) is 11.6 Å². The molecule has 3 N–H and O–H groups in total. The molecule has 0 atom stereocenters. The van der Waals surface area contributed by atoms with Crippen LogP contribution in [-0.2, 0) is 20.9 Å². The molecule has 0 bridgehead atoms. The number of amides is 2. The van der Waals surface area contributed by atoms with Gasteiger partial charge < -0.3 is 15.4 Å². The summed E-state index contributed by atoms with van der Waals surface area (Å²) in [6.45, 7) is 6.09. The second-order valence-corrected chi connectivity index (χ2v) is 5.23. The molecule has 0 unspecified atom stereocenters. The summed E-state index contributed by atoms with van der Waals surface area (Å²) < 4.78 is 5.27. The summed E-state index contributed by atoms with van der Waals surface area (Å²) in [5.74, 6) is 0.376. The molecule has 1 aromatic heterocycles. The van der Waals surface area contributed by atoms with E-state index in [-0.39, 0.29) is 30.8 Å². The van der Waals surface area contributed by atoms with Crippen molar-refractivity contribution in [2.24, 2.45) is 0 Å². The van der Waals surface area contributed by atoms with Crippen LogP contribution in [0, 0.1) is 0 Å². The molecule has 0 aromatic carbocycles. The van der Waals surface area contributed by atoms with E-state index < -0.39 is 5.54 Å². The minimum atomic E-state index is -0.905. The molecular weight excluding hydrogens is 274 g/mol. The molecule has 0 aliphatic carbocycles. The van der Waals surface area contributed by atoms with Crippen LogP contribution in [0.3, 0.4) is 0 Å². The summed E-state index contributed by atoms with van der Waals surface area (Å²) in [5.41, 5.74) is 4.87. The Kier molecular flexibility index (Phi) is 4.08. The number of carbonyl (C=O) groups is 2. The fourth-order valence-corrected chi connectivity index (χ4v) is 2.05. The van der Waals surface area contributed by atoms with Crippen LogP contribution in [-0.4, -0.2) is 40.5 Å². The Bertz CT molecular complexity index is 573. The third-order valence-electron chi connectivity index (χ3n) is 3.28. The van der Waals surface area contributed by atoms with Gasteiger partial charge in [-0.05, 0) is 20.8 Å². The van der Waals surface area contributed by atoms with Gasteiger partial charge in [-0.3, -0.25) is 14.9 Å². The van der Waals surface area contributed by atoms with Gasteiger partial charge in [-0.25, -0.2) is 9.97 Å². The number of nitrogens with one attached hydrogen (secondary N) is 1. The van der Waals surface area contributed by atoms with Gasteiger partial charge in [0.1, 0.15) is 23.8 Å². The van der Waals surface area contributed by atoms with Crippen LogP contribution < -0.4 is 16.0 Å². The van der Waals surface area contributed by atoms with E-state index in [2.05, 4.69) is 15.3 Å². The first-order valence-corrected chi connectivity index (χ1v) is 6.67. The van der Waals surface area contributed by atoms with E-state index in [0.29, 0.717) is 18.2 Å². The summed E-state index contributed by atoms with van der Waals surface area (Å²) >= 11 is 0. The number of aromatic nitrogens is 2. The van der Waals surface area contributed by atoms with E-state index in [9.17, 15) is 9.59 Å². The molecule has 1 aliphatic rings. The number of rotatable bonds is 4. The molecule has 2 amide bonds. The standard InChI is InChI=1S/C13H19N5O3/c1-4-21-7-9-15-8(14)5-10(16-9)18-6-11(19)17-12(20)13(18,2)3/h5H,4,6-7H2,1-3H3,(H2,14,15,16)(H,17,19,20). The third kappa shape index (κ3) is 3.10. The molecule has 1 saturated heterocycles. The molecule has 2 heterocycles. The van der Waals surface area contributed by atoms with Crippen LogP contribution in [0.15, 0.2) is 6.07 Å². The van der Waals surface area contributed by atoms with Crippen LogP contribution in [0.2, 0.25) is 0 Å². The Morgan fingerprint density at radius 2 is 2.14 bits per heavy atom. The normalized spacial score (nSPS) is 17.8. The van der Waals surface area contributed by atoms with Crippen molar-refractivity contribution in [2.75, 3.05) is 23.8 Å². The molecule has 1 aromatic rings. The maximum absolute atomic E-state index is 12.0. The average molecular weight is 293 g/mol. The SMILES string of the molecule is CCOCc1nc(N)cc(N2CC(=O)NC(=O)C2(C)C)n1. The Morgan fingerprint density at radius 1 is 1.43 bits per heavy atom. The van der Waals surface area contributed by atoms with Gasteiger partial charge in [-0.1, -0.05) is 0 Å². The van der Waals surface area contributed by atoms with Gasteiger partial charge in [0, 0.05) is 12.7 Å². The molecule has 1 aliphatic heterocycles. The highest BCUT2D eigenvalue weighted by Gasteiger charge is 2.41. The zero-order valence-electron chi connectivity index (χ0n) is 12.3. The summed E-state index contributed by atoms with van der Waals surface area (Å²) in [6.07, 6.45) is 0. The van der Waals surface area contributed by atoms with Gasteiger partial charge in [0.05, 0.1) is 6.54 Å². The van der Waals surface area contributed by atoms with Crippen LogP contribution in [0.25, 0.3) is 0 Å². The molecule has 1 fully saturated rings. The van der Waals surface area contributed by atoms with Gasteiger partial charge >= 0.3 is 0 Å². The first-order chi connectivity index (χ1) is 9.84. The zero-order valence-corrected chi connectivity index (χ0v) is 12.3. The van der Waals surface area contributed by atoms with E-state index in [1.807, 2.05) is 6.92 Å². The fraction of sp³-hybridized carbons (Fsp3) is 0.538. The molecule has 8 heteroatoms. The topological polar surface area (TPSA) is 110 Å². The Labute approximate surface area is 122 Å². The second-order valence-electron chi connectivity index (χ2n) is 5.23. The van der Waals surface area contributed by atoms with Gasteiger partial charge in [0.2, 0.25) is 5.91 Å². The van der Waals surface area contributed by atoms with Gasteiger partial charge in [-0.15, -0.1) is 0 Å². The number of nitrogen functional groups attached to an aromatic ring is 1. The van der Waals surface area contributed by atoms with E-state index in [1.54, 1.807) is 24.8 Å². The molecular formula is C13H19N5O3. The number of piperazine rings is 1. The lowest BCUT2D eigenvalue weighted by atomic mass is 9.99. The number of ether oxygens (including phenoxy) is 1. The van der Waals surface area contributed by atoms with E-state index in [4.69, 9.17) is 10.5 Å². The number of nitrogens with zero attached hydrogens (tertiary/aromatic N) is 3. The highest BCUT2D eigenvalue weighted by molar-refractivity contribution is 6.06. The van der Waals surface area contributed by atoms with Crippen molar-refractivity contribution < 1.29 is 14.3 Å². The lowest BCUT2D eigenvalue weighted by molar-refractivity contribution is -0.135. The second kappa shape index (κ2) is 5.65. The van der Waals surface area contributed by atoms with Crippen LogP contribution in [0.1, 0.15) is 26.6 Å². The highest BCUT2D eigenvalue weighted by Crippen LogP contribution is 2.26. The van der Waals surface area contributed by atoms with Crippen molar-refractivity contribution in [1.82, 2.24) is 15.3 Å². The number of hydrogen-bond acceptors (Lipinski definition) is 7. The minimum absolute atomic E-state index is 0.0310. The lowest BCUT2D eigenvalue weighted by Gasteiger charge is -2.41. The van der Waals surface area contributed by atoms with E-state index >= 15 is 0 Å². The summed E-state index contributed by atoms with van der Waals surface area (Å²) in [5, 5.41) is 2.31. The molecule has 0 radical (unpaired) electrons. The predicted octanol–water partition coefficient (Wildman–Crippen LogP) is -0.163. The van der Waals surface area contributed by atoms with Gasteiger partial charge in [0.15, 0.2) is 5.82 Å². The van der Waals surface area contributed by atoms with Crippen molar-refractivity contribution in [3.05, 3.63) is 11.9 Å². The van der Waals surface area contributed by atoms with Gasteiger partial charge in [0.25, 0.3) is 5.91 Å². The Morgan fingerprint density at radius 3 is 2.81 bits per heavy atom. The number of anilines is 2. The van der Waals surface area contributed by atoms with Crippen molar-refractivity contribution >= 4 is 23.5 Å². The Balaban J connectivity index is 2.37. The number of imide groups is 1. The molecule has 114 valence electrons. The van der Waals surface area contributed by atoms with Crippen molar-refractivity contribution in [2.45, 2.75) is 32.9 Å². The summed E-state index contributed by atoms with van der Waals surface area (Å²) in [4.78, 5) is 33.6. The predicted molar refractivity (Wildman–Crippen MR) is 76.3 cm³/mol. The first-order valence-electron chi connectivity index (χ1n) is 6.67. The minimum Gasteiger partial charge on any atom is -0.384 e. The van der Waals surface area contributed by atoms with E-state index in [0.717, 1.165) is 0 Å². The van der Waals surface area contributed by atoms with Gasteiger partial charge in [-0.2, -0.15) is 0 Å². The van der Waals surface area contributed by atoms with Crippen LogP contribution >= 0.6 is 0 Å². The Hall–Kier alpha value is -2.22. The quantitative estimate of drug-likeness (QED) is 0.742. The summed E-state index contributed by atoms with van der Waals surface area (Å²) in [6, 6.07) is 1.54. The van der Waals surface area contributed by atoms with Crippen molar-refractivity contribution in [1.29, 1.82) is 0 Å².